The Labute approximate surface area is 212 Å². The largest absolute Gasteiger partial charge is 0.493 e. The number of hydrogen-bond acceptors (Lipinski definition) is 8. The molecule has 37 heavy (non-hydrogen) atoms. The van der Waals surface area contributed by atoms with E-state index in [-0.39, 0.29) is 17.3 Å². The van der Waals surface area contributed by atoms with E-state index in [9.17, 15) is 14.9 Å². The normalized spacial score (nSPS) is 11.8. The highest BCUT2D eigenvalue weighted by Gasteiger charge is 2.23. The molecule has 3 aromatic carbocycles. The topological polar surface area (TPSA) is 125 Å². The third kappa shape index (κ3) is 4.72. The highest BCUT2D eigenvalue weighted by Crippen LogP contribution is 2.42. The number of carbonyl (C=O) groups is 1. The van der Waals surface area contributed by atoms with Gasteiger partial charge in [-0.3, -0.25) is 19.9 Å². The predicted octanol–water partition coefficient (Wildman–Crippen LogP) is 5.56. The van der Waals surface area contributed by atoms with Crippen molar-refractivity contribution >= 4 is 28.7 Å². The number of pyridine rings is 1. The van der Waals surface area contributed by atoms with Crippen molar-refractivity contribution in [2.24, 2.45) is 0 Å². The lowest BCUT2D eigenvalue weighted by atomic mass is 10.0. The number of carbonyl (C=O) groups excluding carboxylic acids is 1. The molecule has 1 aliphatic rings. The summed E-state index contributed by atoms with van der Waals surface area (Å²) in [6.07, 6.45) is 3.39. The van der Waals surface area contributed by atoms with Crippen LogP contribution in [0, 0.1) is 10.1 Å². The zero-order valence-corrected chi connectivity index (χ0v) is 20.0. The van der Waals surface area contributed by atoms with Crippen molar-refractivity contribution in [3.63, 3.8) is 0 Å². The Morgan fingerprint density at radius 1 is 0.811 bits per heavy atom. The van der Waals surface area contributed by atoms with E-state index in [1.54, 1.807) is 48.8 Å². The molecule has 186 valence electrons. The van der Waals surface area contributed by atoms with Gasteiger partial charge in [-0.15, -0.1) is 0 Å². The molecule has 2 N–H and O–H groups in total. The average molecular weight is 498 g/mol. The van der Waals surface area contributed by atoms with E-state index in [1.807, 2.05) is 18.2 Å². The summed E-state index contributed by atoms with van der Waals surface area (Å²) in [6, 6.07) is 17.1. The molecule has 1 amide bonds. The van der Waals surface area contributed by atoms with Crippen LogP contribution in [-0.4, -0.2) is 30.0 Å². The van der Waals surface area contributed by atoms with Crippen molar-refractivity contribution in [1.82, 2.24) is 4.98 Å². The Balaban J connectivity index is 1.50. The number of nitro groups is 1. The molecule has 0 unspecified atom stereocenters. The predicted molar refractivity (Wildman–Crippen MR) is 138 cm³/mol. The summed E-state index contributed by atoms with van der Waals surface area (Å²) >= 11 is 0. The quantitative estimate of drug-likeness (QED) is 0.251. The molecule has 4 aromatic rings. The van der Waals surface area contributed by atoms with Gasteiger partial charge in [0.15, 0.2) is 17.2 Å². The minimum Gasteiger partial charge on any atom is -0.493 e. The molecule has 0 bridgehead atoms. The van der Waals surface area contributed by atoms with E-state index in [0.29, 0.717) is 46.3 Å². The number of nitro benzene ring substituents is 1. The number of methoxy groups -OCH3 is 2. The molecule has 2 heterocycles. The Morgan fingerprint density at radius 2 is 1.49 bits per heavy atom. The smallest absolute Gasteiger partial charge is 0.310 e. The highest BCUT2D eigenvalue weighted by atomic mass is 16.6. The Hall–Kier alpha value is -5.12. The molecular formula is C27H22N4O6. The Kier molecular flexibility index (Phi) is 6.29. The SMILES string of the molecule is COc1cc2c(cc1OCc1ccncc1)Nc1cc(-c3ccc([N+](=O)[O-])c(OC)c3)ccc1C(=O)N2. The van der Waals surface area contributed by atoms with Crippen LogP contribution in [0.4, 0.5) is 22.7 Å². The minimum absolute atomic E-state index is 0.124. The zero-order chi connectivity index (χ0) is 25.9. The van der Waals surface area contributed by atoms with Gasteiger partial charge in [-0.25, -0.2) is 0 Å². The molecule has 0 saturated heterocycles. The van der Waals surface area contributed by atoms with Crippen LogP contribution in [-0.2, 0) is 6.61 Å². The van der Waals surface area contributed by atoms with Crippen LogP contribution in [0.25, 0.3) is 11.1 Å². The lowest BCUT2D eigenvalue weighted by Gasteiger charge is -2.16. The number of hydrogen-bond donors (Lipinski definition) is 2. The van der Waals surface area contributed by atoms with Gasteiger partial charge >= 0.3 is 5.69 Å². The second kappa shape index (κ2) is 9.86. The van der Waals surface area contributed by atoms with E-state index in [0.717, 1.165) is 11.1 Å². The number of rotatable bonds is 7. The first-order chi connectivity index (χ1) is 18.0. The van der Waals surface area contributed by atoms with Gasteiger partial charge in [-0.05, 0) is 53.1 Å². The number of fused-ring (bicyclic) bond motifs is 2. The second-order valence-corrected chi connectivity index (χ2v) is 8.18. The van der Waals surface area contributed by atoms with Crippen LogP contribution < -0.4 is 24.8 Å². The summed E-state index contributed by atoms with van der Waals surface area (Å²) in [5.41, 5.74) is 4.43. The van der Waals surface area contributed by atoms with E-state index < -0.39 is 4.92 Å². The molecule has 0 fully saturated rings. The monoisotopic (exact) mass is 498 g/mol. The number of aromatic nitrogens is 1. The van der Waals surface area contributed by atoms with Crippen LogP contribution >= 0.6 is 0 Å². The molecule has 10 nitrogen and oxygen atoms in total. The van der Waals surface area contributed by atoms with E-state index in [1.165, 1.54) is 20.3 Å². The van der Waals surface area contributed by atoms with Crippen molar-refractivity contribution in [3.05, 3.63) is 94.3 Å². The van der Waals surface area contributed by atoms with E-state index in [2.05, 4.69) is 15.6 Å². The van der Waals surface area contributed by atoms with Crippen LogP contribution in [0.5, 0.6) is 17.2 Å². The summed E-state index contributed by atoms with van der Waals surface area (Å²) in [5, 5.41) is 17.5. The molecule has 1 aromatic heterocycles. The summed E-state index contributed by atoms with van der Waals surface area (Å²) in [5.74, 6) is 0.831. The van der Waals surface area contributed by atoms with Gasteiger partial charge in [-0.2, -0.15) is 0 Å². The van der Waals surface area contributed by atoms with Crippen molar-refractivity contribution in [3.8, 4) is 28.4 Å². The molecule has 10 heteroatoms. The molecular weight excluding hydrogens is 476 g/mol. The van der Waals surface area contributed by atoms with Gasteiger partial charge in [-0.1, -0.05) is 6.07 Å². The van der Waals surface area contributed by atoms with Crippen molar-refractivity contribution in [1.29, 1.82) is 0 Å². The molecule has 0 saturated carbocycles. The Bertz CT molecular complexity index is 1510. The molecule has 0 atom stereocenters. The molecule has 1 aliphatic heterocycles. The number of nitrogens with zero attached hydrogens (tertiary/aromatic N) is 2. The van der Waals surface area contributed by atoms with E-state index >= 15 is 0 Å². The summed E-state index contributed by atoms with van der Waals surface area (Å²) in [6.45, 7) is 0.312. The van der Waals surface area contributed by atoms with Crippen molar-refractivity contribution < 1.29 is 23.9 Å². The van der Waals surface area contributed by atoms with E-state index in [4.69, 9.17) is 14.2 Å². The van der Waals surface area contributed by atoms with Crippen molar-refractivity contribution in [2.45, 2.75) is 6.61 Å². The number of anilines is 3. The van der Waals surface area contributed by atoms with Gasteiger partial charge in [0.2, 0.25) is 0 Å². The maximum atomic E-state index is 13.0. The third-order valence-corrected chi connectivity index (χ3v) is 5.94. The maximum absolute atomic E-state index is 13.0. The molecule has 5 rings (SSSR count). The van der Waals surface area contributed by atoms with Crippen LogP contribution in [0.1, 0.15) is 15.9 Å². The summed E-state index contributed by atoms with van der Waals surface area (Å²) in [4.78, 5) is 27.8. The fourth-order valence-corrected chi connectivity index (χ4v) is 4.05. The van der Waals surface area contributed by atoms with Gasteiger partial charge < -0.3 is 24.8 Å². The zero-order valence-electron chi connectivity index (χ0n) is 20.0. The van der Waals surface area contributed by atoms with Gasteiger partial charge in [0, 0.05) is 30.6 Å². The summed E-state index contributed by atoms with van der Waals surface area (Å²) < 4.78 is 16.7. The van der Waals surface area contributed by atoms with Crippen LogP contribution in [0.3, 0.4) is 0 Å². The number of ether oxygens (including phenoxy) is 3. The van der Waals surface area contributed by atoms with Crippen molar-refractivity contribution in [2.75, 3.05) is 24.9 Å². The first-order valence-corrected chi connectivity index (χ1v) is 11.3. The number of nitrogens with one attached hydrogen (secondary N) is 2. The maximum Gasteiger partial charge on any atom is 0.310 e. The molecule has 0 radical (unpaired) electrons. The highest BCUT2D eigenvalue weighted by molar-refractivity contribution is 6.12. The molecule has 0 spiro atoms. The average Bonchev–Trinajstić information content (AvgIpc) is 3.06. The number of benzene rings is 3. The van der Waals surface area contributed by atoms with Gasteiger partial charge in [0.1, 0.15) is 6.61 Å². The second-order valence-electron chi connectivity index (χ2n) is 8.18. The Morgan fingerprint density at radius 3 is 2.22 bits per heavy atom. The first kappa shape index (κ1) is 23.6. The lowest BCUT2D eigenvalue weighted by molar-refractivity contribution is -0.385. The van der Waals surface area contributed by atoms with Gasteiger partial charge in [0.25, 0.3) is 5.91 Å². The minimum atomic E-state index is -0.495. The summed E-state index contributed by atoms with van der Waals surface area (Å²) in [7, 11) is 2.92. The van der Waals surface area contributed by atoms with Gasteiger partial charge in [0.05, 0.1) is 41.8 Å². The van der Waals surface area contributed by atoms with Crippen LogP contribution in [0.15, 0.2) is 73.1 Å². The molecule has 0 aliphatic carbocycles. The third-order valence-electron chi connectivity index (χ3n) is 5.94. The fourth-order valence-electron chi connectivity index (χ4n) is 4.05. The standard InChI is InChI=1S/C27H22N4O6/c1-35-24-12-18(4-6-23(24)31(33)34)17-3-5-19-20(11-17)29-21-14-26(37-15-16-7-9-28-10-8-16)25(36-2)13-22(21)30-27(19)32/h3-14,29H,15H2,1-2H3,(H,30,32). The fraction of sp³-hybridized carbons (Fsp3) is 0.111. The van der Waals surface area contributed by atoms with Crippen LogP contribution in [0.2, 0.25) is 0 Å². The number of amides is 1. The first-order valence-electron chi connectivity index (χ1n) is 11.3. The lowest BCUT2D eigenvalue weighted by Crippen LogP contribution is -2.10.